The first kappa shape index (κ1) is 17.3. The molecule has 1 atom stereocenters. The summed E-state index contributed by atoms with van der Waals surface area (Å²) in [6.45, 7) is 5.16. The highest BCUT2D eigenvalue weighted by molar-refractivity contribution is 5.67. The van der Waals surface area contributed by atoms with Gasteiger partial charge in [-0.25, -0.2) is 18.0 Å². The topological polar surface area (TPSA) is 64.3 Å². The molecule has 1 rings (SSSR count). The van der Waals surface area contributed by atoms with Crippen LogP contribution in [0.5, 0.6) is 0 Å². The van der Waals surface area contributed by atoms with Crippen LogP contribution in [0.2, 0.25) is 0 Å². The predicted molar refractivity (Wildman–Crippen MR) is 72.2 cm³/mol. The molecular weight excluding hydrogens is 285 g/mol. The zero-order valence-electron chi connectivity index (χ0n) is 12.2. The van der Waals surface area contributed by atoms with Crippen LogP contribution in [0.15, 0.2) is 12.1 Å². The molecule has 1 aromatic carbocycles. The van der Waals surface area contributed by atoms with E-state index >= 15 is 0 Å². The van der Waals surface area contributed by atoms with Gasteiger partial charge in [-0.05, 0) is 38.8 Å². The molecule has 0 radical (unpaired) electrons. The number of halogens is 3. The molecule has 1 unspecified atom stereocenters. The summed E-state index contributed by atoms with van der Waals surface area (Å²) < 4.78 is 44.3. The maximum Gasteiger partial charge on any atom is 0.407 e. The number of amides is 1. The molecule has 0 aliphatic rings. The number of nitrogens with two attached hydrogens (primary N) is 1. The first-order valence-corrected chi connectivity index (χ1v) is 6.44. The van der Waals surface area contributed by atoms with Crippen LogP contribution in [0.1, 0.15) is 26.3 Å². The van der Waals surface area contributed by atoms with Crippen LogP contribution in [0, 0.1) is 17.5 Å². The molecule has 0 aliphatic carbocycles. The van der Waals surface area contributed by atoms with Gasteiger partial charge in [0, 0.05) is 18.7 Å². The fraction of sp³-hybridized carbons (Fsp3) is 0.500. The van der Waals surface area contributed by atoms with Crippen molar-refractivity contribution in [1.82, 2.24) is 5.32 Å². The van der Waals surface area contributed by atoms with Crippen molar-refractivity contribution in [2.75, 3.05) is 6.54 Å². The van der Waals surface area contributed by atoms with E-state index in [2.05, 4.69) is 5.32 Å². The van der Waals surface area contributed by atoms with Gasteiger partial charge in [0.2, 0.25) is 0 Å². The van der Waals surface area contributed by atoms with Crippen LogP contribution in [0.4, 0.5) is 18.0 Å². The Labute approximate surface area is 121 Å². The van der Waals surface area contributed by atoms with Crippen molar-refractivity contribution in [3.63, 3.8) is 0 Å². The summed E-state index contributed by atoms with van der Waals surface area (Å²) in [7, 11) is 0. The summed E-state index contributed by atoms with van der Waals surface area (Å²) >= 11 is 0. The molecule has 0 aliphatic heterocycles. The van der Waals surface area contributed by atoms with Gasteiger partial charge >= 0.3 is 6.09 Å². The van der Waals surface area contributed by atoms with Gasteiger partial charge in [-0.2, -0.15) is 0 Å². The van der Waals surface area contributed by atoms with Crippen molar-refractivity contribution in [3.05, 3.63) is 35.1 Å². The lowest BCUT2D eigenvalue weighted by Crippen LogP contribution is -2.41. The van der Waals surface area contributed by atoms with Gasteiger partial charge in [0.25, 0.3) is 0 Å². The van der Waals surface area contributed by atoms with Crippen LogP contribution in [0.25, 0.3) is 0 Å². The van der Waals surface area contributed by atoms with Gasteiger partial charge in [-0.1, -0.05) is 0 Å². The third-order valence-electron chi connectivity index (χ3n) is 2.48. The van der Waals surface area contributed by atoms with Gasteiger partial charge in [-0.3, -0.25) is 0 Å². The summed E-state index contributed by atoms with van der Waals surface area (Å²) in [6, 6.07) is 0.577. The number of rotatable bonds is 4. The van der Waals surface area contributed by atoms with E-state index in [1.807, 2.05) is 0 Å². The standard InChI is InChI=1S/C14H19F3N2O2/c1-14(2,3)21-13(20)19-7-9(18)4-8-5-11(16)12(17)6-10(8)15/h5-6,9H,4,7,18H2,1-3H3,(H,19,20). The van der Waals surface area contributed by atoms with E-state index in [-0.39, 0.29) is 18.5 Å². The minimum absolute atomic E-state index is 0.0212. The molecule has 21 heavy (non-hydrogen) atoms. The molecule has 0 saturated carbocycles. The number of alkyl carbamates (subject to hydrolysis) is 1. The molecule has 3 N–H and O–H groups in total. The second-order valence-electron chi connectivity index (χ2n) is 5.70. The third-order valence-corrected chi connectivity index (χ3v) is 2.48. The highest BCUT2D eigenvalue weighted by Crippen LogP contribution is 2.15. The zero-order valence-corrected chi connectivity index (χ0v) is 12.2. The monoisotopic (exact) mass is 304 g/mol. The molecule has 0 saturated heterocycles. The number of nitrogens with one attached hydrogen (secondary N) is 1. The van der Waals surface area contributed by atoms with Gasteiger partial charge in [0.15, 0.2) is 11.6 Å². The second kappa shape index (κ2) is 6.80. The summed E-state index contributed by atoms with van der Waals surface area (Å²) in [5.74, 6) is -3.27. The summed E-state index contributed by atoms with van der Waals surface area (Å²) in [6.07, 6.45) is -0.692. The highest BCUT2D eigenvalue weighted by atomic mass is 19.2. The fourth-order valence-corrected chi connectivity index (χ4v) is 1.60. The SMILES string of the molecule is CC(C)(C)OC(=O)NCC(N)Cc1cc(F)c(F)cc1F. The lowest BCUT2D eigenvalue weighted by Gasteiger charge is -2.21. The minimum atomic E-state index is -1.25. The maximum absolute atomic E-state index is 13.4. The van der Waals surface area contributed by atoms with E-state index in [4.69, 9.17) is 10.5 Å². The molecule has 118 valence electrons. The van der Waals surface area contributed by atoms with Crippen molar-refractivity contribution >= 4 is 6.09 Å². The van der Waals surface area contributed by atoms with E-state index < -0.39 is 35.2 Å². The molecule has 0 spiro atoms. The first-order chi connectivity index (χ1) is 9.58. The Morgan fingerprint density at radius 2 is 1.81 bits per heavy atom. The minimum Gasteiger partial charge on any atom is -0.444 e. The molecule has 7 heteroatoms. The largest absolute Gasteiger partial charge is 0.444 e. The van der Waals surface area contributed by atoms with Crippen LogP contribution in [-0.2, 0) is 11.2 Å². The lowest BCUT2D eigenvalue weighted by atomic mass is 10.1. The van der Waals surface area contributed by atoms with E-state index in [1.54, 1.807) is 20.8 Å². The maximum atomic E-state index is 13.4. The third kappa shape index (κ3) is 6.03. The van der Waals surface area contributed by atoms with Crippen molar-refractivity contribution < 1.29 is 22.7 Å². The van der Waals surface area contributed by atoms with Crippen molar-refractivity contribution in [2.45, 2.75) is 38.8 Å². The molecule has 0 bridgehead atoms. The van der Waals surface area contributed by atoms with E-state index in [0.717, 1.165) is 6.07 Å². The number of hydrogen-bond donors (Lipinski definition) is 2. The molecule has 0 heterocycles. The molecule has 0 aromatic heterocycles. The molecule has 0 fully saturated rings. The van der Waals surface area contributed by atoms with Crippen LogP contribution in [-0.4, -0.2) is 24.3 Å². The number of benzene rings is 1. The molecule has 4 nitrogen and oxygen atoms in total. The molecule has 1 aromatic rings. The van der Waals surface area contributed by atoms with E-state index in [0.29, 0.717) is 6.07 Å². The Kier molecular flexibility index (Phi) is 5.60. The lowest BCUT2D eigenvalue weighted by molar-refractivity contribution is 0.0524. The number of ether oxygens (including phenoxy) is 1. The Bertz CT molecular complexity index is 516. The van der Waals surface area contributed by atoms with E-state index in [1.165, 1.54) is 0 Å². The smallest absolute Gasteiger partial charge is 0.407 e. The van der Waals surface area contributed by atoms with E-state index in [9.17, 15) is 18.0 Å². The van der Waals surface area contributed by atoms with Crippen molar-refractivity contribution in [1.29, 1.82) is 0 Å². The summed E-state index contributed by atoms with van der Waals surface area (Å²) in [4.78, 5) is 11.4. The average Bonchev–Trinajstić information content (AvgIpc) is 2.31. The van der Waals surface area contributed by atoms with Crippen LogP contribution < -0.4 is 11.1 Å². The summed E-state index contributed by atoms with van der Waals surface area (Å²) in [5, 5.41) is 2.43. The van der Waals surface area contributed by atoms with Crippen molar-refractivity contribution in [3.8, 4) is 0 Å². The first-order valence-electron chi connectivity index (χ1n) is 6.44. The molecule has 1 amide bonds. The second-order valence-corrected chi connectivity index (χ2v) is 5.70. The zero-order chi connectivity index (χ0) is 16.2. The van der Waals surface area contributed by atoms with Crippen LogP contribution >= 0.6 is 0 Å². The fourth-order valence-electron chi connectivity index (χ4n) is 1.60. The number of carbonyl (C=O) groups is 1. The Morgan fingerprint density at radius 1 is 1.24 bits per heavy atom. The Morgan fingerprint density at radius 3 is 2.38 bits per heavy atom. The van der Waals surface area contributed by atoms with Crippen LogP contribution in [0.3, 0.4) is 0 Å². The summed E-state index contributed by atoms with van der Waals surface area (Å²) in [5.41, 5.74) is 5.03. The highest BCUT2D eigenvalue weighted by Gasteiger charge is 2.17. The average molecular weight is 304 g/mol. The quantitative estimate of drug-likeness (QED) is 0.840. The van der Waals surface area contributed by atoms with Gasteiger partial charge in [0.05, 0.1) is 0 Å². The Balaban J connectivity index is 2.53. The van der Waals surface area contributed by atoms with Gasteiger partial charge in [0.1, 0.15) is 11.4 Å². The van der Waals surface area contributed by atoms with Crippen molar-refractivity contribution in [2.24, 2.45) is 5.73 Å². The predicted octanol–water partition coefficient (Wildman–Crippen LogP) is 2.50. The number of carbonyl (C=O) groups excluding carboxylic acids is 1. The van der Waals surface area contributed by atoms with Gasteiger partial charge in [-0.15, -0.1) is 0 Å². The number of hydrogen-bond acceptors (Lipinski definition) is 3. The Hall–Kier alpha value is -1.76. The molecular formula is C14H19F3N2O2. The normalized spacial score (nSPS) is 12.9. The van der Waals surface area contributed by atoms with Gasteiger partial charge < -0.3 is 15.8 Å².